The summed E-state index contributed by atoms with van der Waals surface area (Å²) in [6, 6.07) is 0. The fraction of sp³-hybridized carbons (Fsp3) is 0.444. The van der Waals surface area contributed by atoms with Gasteiger partial charge in [-0.3, -0.25) is 6.08 Å². The van der Waals surface area contributed by atoms with E-state index in [1.165, 1.54) is 0 Å². The molecule has 0 saturated heterocycles. The van der Waals surface area contributed by atoms with E-state index < -0.39 is 8.07 Å². The predicted molar refractivity (Wildman–Crippen MR) is 72.0 cm³/mol. The molecule has 1 aliphatic carbocycles. The summed E-state index contributed by atoms with van der Waals surface area (Å²) in [6.07, 6.45) is 8.69. The minimum atomic E-state index is -0.981. The third-order valence-electron chi connectivity index (χ3n) is 1.56. The SMILES string of the molecule is C[Si](C)(C)C1=CC[C-]=C1.Cl.Cl.Cl.[CH3-].[V+2]. The van der Waals surface area contributed by atoms with Crippen molar-refractivity contribution in [3.8, 4) is 0 Å². The first-order valence-electron chi connectivity index (χ1n) is 3.38. The van der Waals surface area contributed by atoms with Crippen LogP contribution >= 0.6 is 37.2 Å². The van der Waals surface area contributed by atoms with E-state index in [0.717, 1.165) is 6.42 Å². The van der Waals surface area contributed by atoms with E-state index in [4.69, 9.17) is 0 Å². The molecule has 1 rings (SSSR count). The molecule has 0 aromatic heterocycles. The van der Waals surface area contributed by atoms with Gasteiger partial charge in [0.05, 0.1) is 0 Å². The molecule has 0 heterocycles. The Balaban J connectivity index is -0.0000000540. The van der Waals surface area contributed by atoms with Crippen LogP contribution in [0.4, 0.5) is 0 Å². The molecule has 0 fully saturated rings. The van der Waals surface area contributed by atoms with Crippen molar-refractivity contribution < 1.29 is 18.6 Å². The smallest absolute Gasteiger partial charge is 0.358 e. The zero-order valence-corrected chi connectivity index (χ0v) is 13.9. The van der Waals surface area contributed by atoms with Gasteiger partial charge in [-0.2, -0.15) is 6.08 Å². The van der Waals surface area contributed by atoms with Gasteiger partial charge in [0, 0.05) is 0 Å². The van der Waals surface area contributed by atoms with Crippen molar-refractivity contribution in [1.29, 1.82) is 0 Å². The summed E-state index contributed by atoms with van der Waals surface area (Å²) in [4.78, 5) is 0. The zero-order chi connectivity index (χ0) is 6.91. The third kappa shape index (κ3) is 9.70. The Morgan fingerprint density at radius 1 is 1.14 bits per heavy atom. The molecule has 14 heavy (non-hydrogen) atoms. The van der Waals surface area contributed by atoms with Gasteiger partial charge in [0.1, 0.15) is 0 Å². The first kappa shape index (κ1) is 29.4. The van der Waals surface area contributed by atoms with Crippen molar-refractivity contribution in [2.24, 2.45) is 0 Å². The normalized spacial score (nSPS) is 11.8. The second kappa shape index (κ2) is 12.2. The predicted octanol–water partition coefficient (Wildman–Crippen LogP) is 4.27. The van der Waals surface area contributed by atoms with E-state index in [9.17, 15) is 0 Å². The summed E-state index contributed by atoms with van der Waals surface area (Å²) in [6.45, 7) is 7.09. The number of hydrogen-bond donors (Lipinski definition) is 0. The molecule has 0 N–H and O–H groups in total. The molecule has 0 saturated carbocycles. The maximum absolute atomic E-state index is 3.20. The minimum absolute atomic E-state index is 0. The molecule has 0 atom stereocenters. The number of hydrogen-bond acceptors (Lipinski definition) is 0. The van der Waals surface area contributed by atoms with Crippen LogP contribution in [0.2, 0.25) is 19.6 Å². The maximum atomic E-state index is 3.20. The molecule has 0 spiro atoms. The van der Waals surface area contributed by atoms with Crippen LogP contribution in [0.1, 0.15) is 6.42 Å². The van der Waals surface area contributed by atoms with Gasteiger partial charge in [-0.05, 0) is 8.07 Å². The van der Waals surface area contributed by atoms with E-state index in [1.807, 2.05) is 0 Å². The second-order valence-electron chi connectivity index (χ2n) is 3.46. The van der Waals surface area contributed by atoms with Gasteiger partial charge in [-0.15, -0.1) is 43.6 Å². The van der Waals surface area contributed by atoms with Gasteiger partial charge in [0.25, 0.3) is 0 Å². The summed E-state index contributed by atoms with van der Waals surface area (Å²) in [5, 5.41) is 1.56. The van der Waals surface area contributed by atoms with E-state index >= 15 is 0 Å². The van der Waals surface area contributed by atoms with Gasteiger partial charge in [0.2, 0.25) is 0 Å². The first-order chi connectivity index (χ1) is 4.11. The van der Waals surface area contributed by atoms with Gasteiger partial charge in [0.15, 0.2) is 0 Å². The van der Waals surface area contributed by atoms with Crippen LogP contribution in [0.25, 0.3) is 0 Å². The summed E-state index contributed by atoms with van der Waals surface area (Å²) < 4.78 is 0. The van der Waals surface area contributed by atoms with Crippen molar-refractivity contribution in [1.82, 2.24) is 0 Å². The Labute approximate surface area is 120 Å². The molecular weight excluding hydrogens is 293 g/mol. The topological polar surface area (TPSA) is 0 Å². The molecule has 1 aliphatic rings. The van der Waals surface area contributed by atoms with Crippen molar-refractivity contribution in [3.63, 3.8) is 0 Å². The van der Waals surface area contributed by atoms with E-state index in [0.29, 0.717) is 0 Å². The molecule has 5 heteroatoms. The van der Waals surface area contributed by atoms with Crippen LogP contribution in [0.3, 0.4) is 0 Å². The van der Waals surface area contributed by atoms with Gasteiger partial charge >= 0.3 is 18.6 Å². The van der Waals surface area contributed by atoms with Crippen LogP contribution < -0.4 is 0 Å². The van der Waals surface area contributed by atoms with Crippen molar-refractivity contribution >= 4 is 45.3 Å². The molecule has 0 aromatic carbocycles. The average molecular weight is 313 g/mol. The first-order valence-corrected chi connectivity index (χ1v) is 6.88. The largest absolute Gasteiger partial charge is 2.00 e. The average Bonchev–Trinajstić information content (AvgIpc) is 2.08. The van der Waals surface area contributed by atoms with Crippen LogP contribution in [-0.4, -0.2) is 8.07 Å². The summed E-state index contributed by atoms with van der Waals surface area (Å²) >= 11 is 0. The number of rotatable bonds is 1. The van der Waals surface area contributed by atoms with Gasteiger partial charge in [-0.25, -0.2) is 11.3 Å². The van der Waals surface area contributed by atoms with E-state index in [-0.39, 0.29) is 63.2 Å². The Morgan fingerprint density at radius 3 is 1.71 bits per heavy atom. The molecule has 0 aliphatic heterocycles. The molecule has 0 bridgehead atoms. The fourth-order valence-corrected chi connectivity index (χ4v) is 2.17. The number of allylic oxidation sites excluding steroid dienone is 4. The van der Waals surface area contributed by atoms with Crippen molar-refractivity contribution in [3.05, 3.63) is 30.9 Å². The zero-order valence-electron chi connectivity index (χ0n) is 9.03. The monoisotopic (exact) mass is 311 g/mol. The Hall–Kier alpha value is 1.15. The Bertz CT molecular complexity index is 173. The second-order valence-corrected chi connectivity index (χ2v) is 8.54. The van der Waals surface area contributed by atoms with Crippen molar-refractivity contribution in [2.75, 3.05) is 0 Å². The van der Waals surface area contributed by atoms with Crippen LogP contribution in [0.15, 0.2) is 17.3 Å². The molecule has 0 aromatic rings. The molecule has 1 radical (unpaired) electrons. The van der Waals surface area contributed by atoms with E-state index in [2.05, 4.69) is 37.9 Å². The van der Waals surface area contributed by atoms with Gasteiger partial charge < -0.3 is 7.43 Å². The van der Waals surface area contributed by atoms with Crippen LogP contribution in [0, 0.1) is 13.5 Å². The molecule has 0 nitrogen and oxygen atoms in total. The quantitative estimate of drug-likeness (QED) is 0.501. The minimum Gasteiger partial charge on any atom is -0.358 e. The standard InChI is InChI=1S/C8H13Si.CH3.3ClH.V/c1-9(2,3)8-6-4-5-7-8;;;;;/h6-7H,4H2,1-3H3;1H3;3*1H;/q2*-1;;;;+2. The molecule has 85 valence electrons. The fourth-order valence-electron chi connectivity index (χ4n) is 0.919. The molecular formula is C9H19Cl3SiV. The Kier molecular flexibility index (Phi) is 25.7. The summed E-state index contributed by atoms with van der Waals surface area (Å²) in [7, 11) is -0.981. The van der Waals surface area contributed by atoms with Crippen LogP contribution in [0.5, 0.6) is 0 Å². The van der Waals surface area contributed by atoms with Crippen molar-refractivity contribution in [2.45, 2.75) is 26.1 Å². The summed E-state index contributed by atoms with van der Waals surface area (Å²) in [5.41, 5.74) is 0. The third-order valence-corrected chi connectivity index (χ3v) is 3.64. The molecule has 0 amide bonds. The van der Waals surface area contributed by atoms with Gasteiger partial charge in [-0.1, -0.05) is 19.6 Å². The summed E-state index contributed by atoms with van der Waals surface area (Å²) in [5.74, 6) is 0. The number of halogens is 3. The Morgan fingerprint density at radius 2 is 1.57 bits per heavy atom. The van der Waals surface area contributed by atoms with E-state index in [1.54, 1.807) is 5.20 Å². The van der Waals surface area contributed by atoms with Crippen LogP contribution in [-0.2, 0) is 18.6 Å². The molecule has 0 unspecified atom stereocenters. The maximum Gasteiger partial charge on any atom is 2.00 e.